The van der Waals surface area contributed by atoms with Crippen molar-refractivity contribution in [3.8, 4) is 5.75 Å². The van der Waals surface area contributed by atoms with Crippen LogP contribution in [0.2, 0.25) is 0 Å². The predicted octanol–water partition coefficient (Wildman–Crippen LogP) is 1.23. The second-order valence-electron chi connectivity index (χ2n) is 3.80. The van der Waals surface area contributed by atoms with Gasteiger partial charge in [-0.1, -0.05) is 6.92 Å². The smallest absolute Gasteiger partial charge is 0.240 e. The van der Waals surface area contributed by atoms with E-state index in [0.29, 0.717) is 24.5 Å². The van der Waals surface area contributed by atoms with Gasteiger partial charge in [-0.25, -0.2) is 13.1 Å². The van der Waals surface area contributed by atoms with Crippen LogP contribution in [0.4, 0.5) is 0 Å². The number of ether oxygens (including phenoxy) is 1. The van der Waals surface area contributed by atoms with E-state index in [-0.39, 0.29) is 11.4 Å². The predicted molar refractivity (Wildman–Crippen MR) is 71.0 cm³/mol. The van der Waals surface area contributed by atoms with Crippen molar-refractivity contribution < 1.29 is 13.2 Å². The zero-order valence-electron chi connectivity index (χ0n) is 10.8. The quantitative estimate of drug-likeness (QED) is 0.782. The Morgan fingerprint density at radius 1 is 1.33 bits per heavy atom. The van der Waals surface area contributed by atoms with Crippen molar-refractivity contribution in [2.75, 3.05) is 13.2 Å². The molecule has 1 rings (SSSR count). The standard InChI is InChI=1S/C12H20N2O3S/c1-3-7-14-18(15,16)11-5-6-12(17-4-2)10(8-11)9-13/h5-6,8,14H,3-4,7,9,13H2,1-2H3. The lowest BCUT2D eigenvalue weighted by Crippen LogP contribution is -2.24. The highest BCUT2D eigenvalue weighted by Crippen LogP contribution is 2.22. The van der Waals surface area contributed by atoms with E-state index in [1.807, 2.05) is 13.8 Å². The van der Waals surface area contributed by atoms with E-state index < -0.39 is 10.0 Å². The summed E-state index contributed by atoms with van der Waals surface area (Å²) in [4.78, 5) is 0.222. The molecule has 3 N–H and O–H groups in total. The fraction of sp³-hybridized carbons (Fsp3) is 0.500. The maximum atomic E-state index is 11.9. The largest absolute Gasteiger partial charge is 0.494 e. The second kappa shape index (κ2) is 6.72. The highest BCUT2D eigenvalue weighted by atomic mass is 32.2. The minimum absolute atomic E-state index is 0.222. The lowest BCUT2D eigenvalue weighted by Gasteiger charge is -2.11. The van der Waals surface area contributed by atoms with Gasteiger partial charge < -0.3 is 10.5 Å². The Hall–Kier alpha value is -1.11. The van der Waals surface area contributed by atoms with Gasteiger partial charge in [-0.05, 0) is 31.5 Å². The average Bonchev–Trinajstić information content (AvgIpc) is 2.37. The summed E-state index contributed by atoms with van der Waals surface area (Å²) < 4.78 is 31.8. The van der Waals surface area contributed by atoms with E-state index in [1.54, 1.807) is 12.1 Å². The van der Waals surface area contributed by atoms with E-state index in [4.69, 9.17) is 10.5 Å². The molecule has 0 unspecified atom stereocenters. The Labute approximate surface area is 108 Å². The monoisotopic (exact) mass is 272 g/mol. The summed E-state index contributed by atoms with van der Waals surface area (Å²) in [6.07, 6.45) is 0.750. The molecule has 0 fully saturated rings. The molecule has 0 spiro atoms. The van der Waals surface area contributed by atoms with E-state index in [2.05, 4.69) is 4.72 Å². The Morgan fingerprint density at radius 2 is 2.06 bits per heavy atom. The first-order valence-electron chi connectivity index (χ1n) is 6.00. The Bertz CT molecular complexity index is 486. The molecule has 102 valence electrons. The van der Waals surface area contributed by atoms with Crippen LogP contribution in [-0.2, 0) is 16.6 Å². The summed E-state index contributed by atoms with van der Waals surface area (Å²) in [5, 5.41) is 0. The molecule has 1 aromatic rings. The second-order valence-corrected chi connectivity index (χ2v) is 5.57. The van der Waals surface area contributed by atoms with Crippen molar-refractivity contribution in [2.45, 2.75) is 31.7 Å². The number of sulfonamides is 1. The molecule has 0 aliphatic rings. The minimum atomic E-state index is -3.45. The van der Waals surface area contributed by atoms with Crippen LogP contribution in [0.25, 0.3) is 0 Å². The van der Waals surface area contributed by atoms with Crippen molar-refractivity contribution >= 4 is 10.0 Å². The molecule has 0 saturated carbocycles. The highest BCUT2D eigenvalue weighted by Gasteiger charge is 2.15. The molecule has 0 heterocycles. The number of hydrogen-bond donors (Lipinski definition) is 2. The molecule has 0 aliphatic carbocycles. The van der Waals surface area contributed by atoms with Gasteiger partial charge in [0.05, 0.1) is 11.5 Å². The molecule has 0 bridgehead atoms. The maximum Gasteiger partial charge on any atom is 0.240 e. The van der Waals surface area contributed by atoms with Gasteiger partial charge in [0, 0.05) is 18.7 Å². The third-order valence-electron chi connectivity index (χ3n) is 2.40. The van der Waals surface area contributed by atoms with Gasteiger partial charge in [0.25, 0.3) is 0 Å². The van der Waals surface area contributed by atoms with Crippen LogP contribution in [0.3, 0.4) is 0 Å². The van der Waals surface area contributed by atoms with Gasteiger partial charge in [0.2, 0.25) is 10.0 Å². The summed E-state index contributed by atoms with van der Waals surface area (Å²) in [5.74, 6) is 0.634. The summed E-state index contributed by atoms with van der Waals surface area (Å²) in [6, 6.07) is 4.73. The van der Waals surface area contributed by atoms with E-state index >= 15 is 0 Å². The van der Waals surface area contributed by atoms with E-state index in [9.17, 15) is 8.42 Å². The molecule has 18 heavy (non-hydrogen) atoms. The summed E-state index contributed by atoms with van der Waals surface area (Å²) in [5.41, 5.74) is 6.29. The van der Waals surface area contributed by atoms with E-state index in [1.165, 1.54) is 6.07 Å². The van der Waals surface area contributed by atoms with Crippen LogP contribution >= 0.6 is 0 Å². The summed E-state index contributed by atoms with van der Waals surface area (Å²) >= 11 is 0. The van der Waals surface area contributed by atoms with Crippen molar-refractivity contribution in [3.63, 3.8) is 0 Å². The molecule has 1 aromatic carbocycles. The fourth-order valence-corrected chi connectivity index (χ4v) is 2.68. The molecule has 0 amide bonds. The fourth-order valence-electron chi connectivity index (χ4n) is 1.50. The van der Waals surface area contributed by atoms with Crippen LogP contribution < -0.4 is 15.2 Å². The van der Waals surface area contributed by atoms with E-state index in [0.717, 1.165) is 6.42 Å². The number of hydrogen-bond acceptors (Lipinski definition) is 4. The average molecular weight is 272 g/mol. The number of nitrogens with one attached hydrogen (secondary N) is 1. The van der Waals surface area contributed by atoms with Gasteiger partial charge in [0.1, 0.15) is 5.75 Å². The maximum absolute atomic E-state index is 11.9. The first kappa shape index (κ1) is 14.9. The third kappa shape index (κ3) is 3.69. The van der Waals surface area contributed by atoms with Crippen LogP contribution in [0.5, 0.6) is 5.75 Å². The van der Waals surface area contributed by atoms with Gasteiger partial charge >= 0.3 is 0 Å². The Morgan fingerprint density at radius 3 is 2.61 bits per heavy atom. The van der Waals surface area contributed by atoms with Gasteiger partial charge in [0.15, 0.2) is 0 Å². The normalized spacial score (nSPS) is 11.5. The lowest BCUT2D eigenvalue weighted by atomic mass is 10.2. The molecular weight excluding hydrogens is 252 g/mol. The van der Waals surface area contributed by atoms with Crippen LogP contribution in [0, 0.1) is 0 Å². The van der Waals surface area contributed by atoms with Crippen LogP contribution in [-0.4, -0.2) is 21.6 Å². The van der Waals surface area contributed by atoms with Gasteiger partial charge in [-0.15, -0.1) is 0 Å². The SMILES string of the molecule is CCCNS(=O)(=O)c1ccc(OCC)c(CN)c1. The zero-order chi connectivity index (χ0) is 13.6. The highest BCUT2D eigenvalue weighted by molar-refractivity contribution is 7.89. The molecule has 0 aromatic heterocycles. The van der Waals surface area contributed by atoms with Crippen molar-refractivity contribution in [2.24, 2.45) is 5.73 Å². The first-order chi connectivity index (χ1) is 8.55. The number of benzene rings is 1. The minimum Gasteiger partial charge on any atom is -0.494 e. The molecule has 0 aliphatic heterocycles. The van der Waals surface area contributed by atoms with Crippen molar-refractivity contribution in [1.29, 1.82) is 0 Å². The zero-order valence-corrected chi connectivity index (χ0v) is 11.6. The third-order valence-corrected chi connectivity index (χ3v) is 3.86. The molecule has 6 heteroatoms. The summed E-state index contributed by atoms with van der Waals surface area (Å²) in [7, 11) is -3.45. The number of rotatable bonds is 7. The van der Waals surface area contributed by atoms with Crippen LogP contribution in [0.15, 0.2) is 23.1 Å². The lowest BCUT2D eigenvalue weighted by molar-refractivity contribution is 0.336. The van der Waals surface area contributed by atoms with Crippen molar-refractivity contribution in [1.82, 2.24) is 4.72 Å². The van der Waals surface area contributed by atoms with Crippen molar-refractivity contribution in [3.05, 3.63) is 23.8 Å². The first-order valence-corrected chi connectivity index (χ1v) is 7.49. The van der Waals surface area contributed by atoms with Gasteiger partial charge in [-0.3, -0.25) is 0 Å². The molecule has 0 radical (unpaired) electrons. The molecule has 0 saturated heterocycles. The van der Waals surface area contributed by atoms with Gasteiger partial charge in [-0.2, -0.15) is 0 Å². The molecular formula is C12H20N2O3S. The van der Waals surface area contributed by atoms with Crippen LogP contribution in [0.1, 0.15) is 25.8 Å². The topological polar surface area (TPSA) is 81.4 Å². The molecule has 0 atom stereocenters. The Kier molecular flexibility index (Phi) is 5.58. The summed E-state index contributed by atoms with van der Waals surface area (Å²) in [6.45, 7) is 4.97. The number of nitrogens with two attached hydrogens (primary N) is 1. The Balaban J connectivity index is 3.04. The molecule has 5 nitrogen and oxygen atoms in total.